The van der Waals surface area contributed by atoms with Crippen molar-refractivity contribution in [2.75, 3.05) is 11.4 Å². The van der Waals surface area contributed by atoms with Gasteiger partial charge in [-0.1, -0.05) is 42.1 Å². The highest BCUT2D eigenvalue weighted by Crippen LogP contribution is 2.24. The Labute approximate surface area is 168 Å². The molecule has 3 amide bonds. The molecule has 0 saturated carbocycles. The number of aryl methyl sites for hydroxylation is 2. The summed E-state index contributed by atoms with van der Waals surface area (Å²) in [7, 11) is 0. The molecule has 0 atom stereocenters. The fraction of sp³-hybridized carbons (Fsp3) is 0.238. The van der Waals surface area contributed by atoms with Crippen molar-refractivity contribution in [3.8, 4) is 0 Å². The number of urea groups is 1. The summed E-state index contributed by atoms with van der Waals surface area (Å²) in [5, 5.41) is 8.23. The topological polar surface area (TPSA) is 84.5 Å². The van der Waals surface area contributed by atoms with E-state index in [0.29, 0.717) is 18.8 Å². The average molecular weight is 391 g/mol. The van der Waals surface area contributed by atoms with Gasteiger partial charge in [0, 0.05) is 18.3 Å². The second-order valence-electron chi connectivity index (χ2n) is 6.97. The molecule has 1 aliphatic heterocycles. The van der Waals surface area contributed by atoms with Gasteiger partial charge in [-0.05, 0) is 25.0 Å². The van der Waals surface area contributed by atoms with Crippen molar-refractivity contribution >= 4 is 23.7 Å². The third-order valence-electron chi connectivity index (χ3n) is 5.05. The molecule has 1 aromatic carbocycles. The monoisotopic (exact) mass is 391 g/mol. The van der Waals surface area contributed by atoms with E-state index in [1.54, 1.807) is 17.0 Å². The van der Waals surface area contributed by atoms with Crippen LogP contribution < -0.4 is 4.90 Å². The largest absolute Gasteiger partial charge is 0.361 e. The van der Waals surface area contributed by atoms with E-state index in [1.807, 2.05) is 38.1 Å². The lowest BCUT2D eigenvalue weighted by Crippen LogP contribution is -2.32. The van der Waals surface area contributed by atoms with Crippen molar-refractivity contribution in [1.82, 2.24) is 19.8 Å². The number of carbonyl (C=O) groups is 2. The van der Waals surface area contributed by atoms with Crippen LogP contribution in [0.3, 0.4) is 0 Å². The molecule has 4 rings (SSSR count). The summed E-state index contributed by atoms with van der Waals surface area (Å²) in [4.78, 5) is 28.2. The Morgan fingerprint density at radius 2 is 2.00 bits per heavy atom. The maximum absolute atomic E-state index is 12.9. The van der Waals surface area contributed by atoms with Gasteiger partial charge in [0.15, 0.2) is 0 Å². The van der Waals surface area contributed by atoms with E-state index in [1.165, 1.54) is 16.0 Å². The highest BCUT2D eigenvalue weighted by Gasteiger charge is 2.38. The van der Waals surface area contributed by atoms with Crippen LogP contribution in [0.1, 0.15) is 28.1 Å². The zero-order chi connectivity index (χ0) is 20.5. The van der Waals surface area contributed by atoms with Crippen molar-refractivity contribution in [3.05, 3.63) is 71.4 Å². The van der Waals surface area contributed by atoms with E-state index in [-0.39, 0.29) is 18.5 Å². The lowest BCUT2D eigenvalue weighted by atomic mass is 10.1. The van der Waals surface area contributed by atoms with Gasteiger partial charge in [0.25, 0.3) is 5.91 Å². The molecule has 0 spiro atoms. The van der Waals surface area contributed by atoms with E-state index < -0.39 is 0 Å². The predicted octanol–water partition coefficient (Wildman–Crippen LogP) is 3.15. The molecule has 0 radical (unpaired) electrons. The van der Waals surface area contributed by atoms with Crippen LogP contribution in [0.25, 0.3) is 6.08 Å². The smallest absolute Gasteiger partial charge is 0.332 e. The molecule has 148 valence electrons. The van der Waals surface area contributed by atoms with Crippen molar-refractivity contribution in [1.29, 1.82) is 0 Å². The predicted molar refractivity (Wildman–Crippen MR) is 107 cm³/mol. The minimum absolute atomic E-state index is 0.0271. The van der Waals surface area contributed by atoms with Crippen LogP contribution in [-0.4, -0.2) is 38.3 Å². The van der Waals surface area contributed by atoms with Crippen LogP contribution in [-0.2, 0) is 17.9 Å². The maximum Gasteiger partial charge on any atom is 0.332 e. The van der Waals surface area contributed by atoms with Crippen molar-refractivity contribution in [2.45, 2.75) is 26.9 Å². The quantitative estimate of drug-likeness (QED) is 0.603. The fourth-order valence-electron chi connectivity index (χ4n) is 3.45. The highest BCUT2D eigenvalue weighted by molar-refractivity contribution is 6.19. The number of hydrogen-bond donors (Lipinski definition) is 0. The highest BCUT2D eigenvalue weighted by atomic mass is 16.5. The average Bonchev–Trinajstić information content (AvgIpc) is 3.37. The first-order valence-corrected chi connectivity index (χ1v) is 9.24. The molecule has 0 aliphatic carbocycles. The van der Waals surface area contributed by atoms with Crippen LogP contribution in [0.4, 0.5) is 10.5 Å². The number of imide groups is 1. The van der Waals surface area contributed by atoms with Crippen LogP contribution in [0.15, 0.2) is 47.8 Å². The molecule has 8 nitrogen and oxygen atoms in total. The first kappa shape index (κ1) is 18.7. The Morgan fingerprint density at radius 3 is 2.72 bits per heavy atom. The number of amides is 3. The Morgan fingerprint density at radius 1 is 1.21 bits per heavy atom. The molecule has 2 aromatic heterocycles. The Balaban J connectivity index is 1.52. The lowest BCUT2D eigenvalue weighted by Gasteiger charge is -2.17. The normalized spacial score (nSPS) is 14.1. The van der Waals surface area contributed by atoms with Crippen molar-refractivity contribution < 1.29 is 14.1 Å². The van der Waals surface area contributed by atoms with Crippen LogP contribution >= 0.6 is 0 Å². The zero-order valence-corrected chi connectivity index (χ0v) is 16.3. The van der Waals surface area contributed by atoms with Crippen LogP contribution in [0.2, 0.25) is 0 Å². The second-order valence-corrected chi connectivity index (χ2v) is 6.97. The third-order valence-corrected chi connectivity index (χ3v) is 5.05. The number of rotatable bonds is 6. The van der Waals surface area contributed by atoms with Crippen LogP contribution in [0, 0.1) is 13.8 Å². The summed E-state index contributed by atoms with van der Waals surface area (Å²) in [6.07, 6.45) is 4.95. The van der Waals surface area contributed by atoms with Gasteiger partial charge >= 0.3 is 6.03 Å². The first-order valence-electron chi connectivity index (χ1n) is 9.24. The van der Waals surface area contributed by atoms with Crippen LogP contribution in [0.5, 0.6) is 0 Å². The molecular formula is C21H21N5O3. The SMILES string of the molecule is C=Cc1ccccc1CN1CC(=O)N(c2cnn(Cc3c(C)noc3C)c2)C1=O. The first-order chi connectivity index (χ1) is 14.0. The number of nitrogens with zero attached hydrogens (tertiary/aromatic N) is 5. The van der Waals surface area contributed by atoms with Gasteiger partial charge in [-0.2, -0.15) is 5.10 Å². The van der Waals surface area contributed by atoms with Gasteiger partial charge in [-0.15, -0.1) is 0 Å². The summed E-state index contributed by atoms with van der Waals surface area (Å²) in [6.45, 7) is 8.33. The molecular weight excluding hydrogens is 370 g/mol. The minimum atomic E-state index is -0.356. The van der Waals surface area contributed by atoms with E-state index in [2.05, 4.69) is 16.8 Å². The Bertz CT molecular complexity index is 1080. The summed E-state index contributed by atoms with van der Waals surface area (Å²) >= 11 is 0. The lowest BCUT2D eigenvalue weighted by molar-refractivity contribution is -0.116. The molecule has 0 N–H and O–H groups in total. The minimum Gasteiger partial charge on any atom is -0.361 e. The van der Waals surface area contributed by atoms with Gasteiger partial charge in [0.1, 0.15) is 12.3 Å². The van der Waals surface area contributed by atoms with E-state index in [4.69, 9.17) is 4.52 Å². The molecule has 8 heteroatoms. The van der Waals surface area contributed by atoms with Crippen molar-refractivity contribution in [3.63, 3.8) is 0 Å². The molecule has 1 fully saturated rings. The molecule has 1 saturated heterocycles. The zero-order valence-electron chi connectivity index (χ0n) is 16.3. The van der Waals surface area contributed by atoms with E-state index in [9.17, 15) is 9.59 Å². The Hall–Kier alpha value is -3.68. The number of benzene rings is 1. The molecule has 3 heterocycles. The summed E-state index contributed by atoms with van der Waals surface area (Å²) in [5.74, 6) is 0.447. The number of aromatic nitrogens is 3. The summed E-state index contributed by atoms with van der Waals surface area (Å²) in [5.41, 5.74) is 4.06. The van der Waals surface area contributed by atoms with Gasteiger partial charge in [-0.25, -0.2) is 9.69 Å². The molecule has 0 unspecified atom stereocenters. The van der Waals surface area contributed by atoms with Gasteiger partial charge < -0.3 is 9.42 Å². The summed E-state index contributed by atoms with van der Waals surface area (Å²) < 4.78 is 6.84. The number of hydrogen-bond acceptors (Lipinski definition) is 5. The number of anilines is 1. The second kappa shape index (κ2) is 7.38. The van der Waals surface area contributed by atoms with Gasteiger partial charge in [0.2, 0.25) is 0 Å². The molecule has 3 aromatic rings. The third kappa shape index (κ3) is 3.44. The fourth-order valence-corrected chi connectivity index (χ4v) is 3.45. The van der Waals surface area contributed by atoms with Gasteiger partial charge in [-0.3, -0.25) is 9.48 Å². The molecule has 1 aliphatic rings. The summed E-state index contributed by atoms with van der Waals surface area (Å²) in [6, 6.07) is 7.32. The number of carbonyl (C=O) groups excluding carboxylic acids is 2. The van der Waals surface area contributed by atoms with E-state index >= 15 is 0 Å². The Kier molecular flexibility index (Phi) is 4.75. The van der Waals surface area contributed by atoms with E-state index in [0.717, 1.165) is 28.1 Å². The molecule has 0 bridgehead atoms. The standard InChI is InChI=1S/C21H21N5O3/c1-4-16-7-5-6-8-17(16)10-24-13-20(27)26(21(24)28)18-9-22-25(11-18)12-19-14(2)23-29-15(19)3/h4-9,11H,1,10,12-13H2,2-3H3. The molecule has 29 heavy (non-hydrogen) atoms. The maximum atomic E-state index is 12.9. The van der Waals surface area contributed by atoms with Gasteiger partial charge in [0.05, 0.1) is 24.1 Å². The van der Waals surface area contributed by atoms with Crippen molar-refractivity contribution in [2.24, 2.45) is 0 Å².